The number of hydrogen-bond acceptors (Lipinski definition) is 4. The van der Waals surface area contributed by atoms with E-state index in [1.54, 1.807) is 0 Å². The molecule has 0 spiro atoms. The van der Waals surface area contributed by atoms with Gasteiger partial charge in [-0.25, -0.2) is 9.18 Å². The van der Waals surface area contributed by atoms with Crippen molar-refractivity contribution in [2.24, 2.45) is 0 Å². The van der Waals surface area contributed by atoms with Gasteiger partial charge in [0.2, 0.25) is 0 Å². The highest BCUT2D eigenvalue weighted by molar-refractivity contribution is 5.95. The van der Waals surface area contributed by atoms with Crippen LogP contribution in [0, 0.1) is 11.0 Å². The van der Waals surface area contributed by atoms with E-state index in [2.05, 4.69) is 4.74 Å². The van der Waals surface area contributed by atoms with Crippen LogP contribution in [0.3, 0.4) is 0 Å². The molecule has 70 valence electrons. The summed E-state index contributed by atoms with van der Waals surface area (Å²) in [5.74, 6) is -1.27. The molecule has 0 fully saturated rings. The Bertz CT molecular complexity index is 327. The lowest BCUT2D eigenvalue weighted by Gasteiger charge is -2.12. The molecule has 0 saturated heterocycles. The van der Waals surface area contributed by atoms with Crippen LogP contribution in [0.15, 0.2) is 18.2 Å². The van der Waals surface area contributed by atoms with Crippen LogP contribution >= 0.6 is 0 Å². The Balaban J connectivity index is 3.13. The number of anilines is 1. The maximum Gasteiger partial charge on any atom is 0.339 e. The van der Waals surface area contributed by atoms with Crippen molar-refractivity contribution in [3.63, 3.8) is 0 Å². The van der Waals surface area contributed by atoms with Crippen molar-refractivity contribution < 1.29 is 13.9 Å². The van der Waals surface area contributed by atoms with Crippen molar-refractivity contribution >= 4 is 11.7 Å². The van der Waals surface area contributed by atoms with Crippen molar-refractivity contribution in [3.8, 4) is 0 Å². The van der Waals surface area contributed by atoms with Gasteiger partial charge < -0.3 is 15.4 Å². The van der Waals surface area contributed by atoms with Crippen LogP contribution in [0.5, 0.6) is 0 Å². The number of carbonyl (C=O) groups excluding carboxylic acids is 1. The third kappa shape index (κ3) is 1.94. The van der Waals surface area contributed by atoms with Crippen molar-refractivity contribution in [2.75, 3.05) is 12.6 Å². The first-order valence-electron chi connectivity index (χ1n) is 3.45. The van der Waals surface area contributed by atoms with E-state index >= 15 is 0 Å². The number of hydrogen-bond donors (Lipinski definition) is 1. The zero-order valence-electron chi connectivity index (χ0n) is 6.83. The molecule has 0 amide bonds. The van der Waals surface area contributed by atoms with Crippen molar-refractivity contribution in [2.45, 2.75) is 0 Å². The van der Waals surface area contributed by atoms with Crippen LogP contribution in [0.25, 0.3) is 0 Å². The predicted octanol–water partition coefficient (Wildman–Crippen LogP) is 1.52. The first kappa shape index (κ1) is 9.47. The van der Waals surface area contributed by atoms with E-state index in [-0.39, 0.29) is 11.3 Å². The molecule has 0 aliphatic rings. The molecule has 1 aromatic rings. The lowest BCUT2D eigenvalue weighted by atomic mass is 10.2. The molecule has 1 aromatic carbocycles. The van der Waals surface area contributed by atoms with Gasteiger partial charge in [-0.05, 0) is 18.2 Å². The fraction of sp³-hybridized carbons (Fsp3) is 0.125. The monoisotopic (exact) mass is 184 g/mol. The number of methoxy groups -OCH3 is 1. The smallest absolute Gasteiger partial charge is 0.339 e. The van der Waals surface area contributed by atoms with Crippen molar-refractivity contribution in [3.05, 3.63) is 34.8 Å². The molecule has 0 radical (unpaired) electrons. The van der Waals surface area contributed by atoms with Gasteiger partial charge in [-0.15, -0.1) is 0 Å². The summed E-state index contributed by atoms with van der Waals surface area (Å²) in [5.41, 5.74) is 1.34. The van der Waals surface area contributed by atoms with Gasteiger partial charge in [-0.3, -0.25) is 0 Å². The van der Waals surface area contributed by atoms with Gasteiger partial charge in [0.1, 0.15) is 5.82 Å². The summed E-state index contributed by atoms with van der Waals surface area (Å²) < 4.78 is 16.9. The van der Waals surface area contributed by atoms with Crippen LogP contribution in [0.4, 0.5) is 10.1 Å². The molecule has 0 aliphatic carbocycles. The van der Waals surface area contributed by atoms with E-state index in [0.29, 0.717) is 0 Å². The number of esters is 1. The molecule has 1 N–H and O–H groups in total. The molecule has 4 nitrogen and oxygen atoms in total. The molecule has 0 bridgehead atoms. The summed E-state index contributed by atoms with van der Waals surface area (Å²) >= 11 is 0. The average Bonchev–Trinajstić information content (AvgIpc) is 2.16. The summed E-state index contributed by atoms with van der Waals surface area (Å²) in [7, 11) is 1.18. The second kappa shape index (κ2) is 3.86. The second-order valence-corrected chi connectivity index (χ2v) is 2.28. The standard InChI is InChI=1S/C8H7FNO3/c1-13-8(11)6-3-2-5(9)4-7(6)10-12/h2-4,10H,1H3/q-1. The quantitative estimate of drug-likeness (QED) is 0.559. The number of rotatable bonds is 2. The highest BCUT2D eigenvalue weighted by Gasteiger charge is 2.09. The minimum atomic E-state index is -0.682. The average molecular weight is 184 g/mol. The van der Waals surface area contributed by atoms with Crippen molar-refractivity contribution in [1.29, 1.82) is 0 Å². The Morgan fingerprint density at radius 3 is 2.85 bits per heavy atom. The second-order valence-electron chi connectivity index (χ2n) is 2.28. The highest BCUT2D eigenvalue weighted by Crippen LogP contribution is 2.17. The number of benzene rings is 1. The van der Waals surface area contributed by atoms with Crippen LogP contribution < -0.4 is 5.48 Å². The Kier molecular flexibility index (Phi) is 2.81. The number of halogens is 1. The van der Waals surface area contributed by atoms with E-state index in [4.69, 9.17) is 0 Å². The van der Waals surface area contributed by atoms with E-state index in [1.165, 1.54) is 18.7 Å². The molecule has 13 heavy (non-hydrogen) atoms. The van der Waals surface area contributed by atoms with E-state index in [0.717, 1.165) is 12.1 Å². The molecular weight excluding hydrogens is 177 g/mol. The maximum atomic E-state index is 12.6. The zero-order chi connectivity index (χ0) is 9.84. The lowest BCUT2D eigenvalue weighted by molar-refractivity contribution is 0.0602. The molecule has 1 rings (SSSR count). The SMILES string of the molecule is COC(=O)c1ccc(F)cc1N[O-]. The Morgan fingerprint density at radius 1 is 1.62 bits per heavy atom. The fourth-order valence-corrected chi connectivity index (χ4v) is 0.889. The van der Waals surface area contributed by atoms with E-state index in [1.807, 2.05) is 0 Å². The normalized spacial score (nSPS) is 9.46. The van der Waals surface area contributed by atoms with Gasteiger partial charge in [0.15, 0.2) is 0 Å². The largest absolute Gasteiger partial charge is 0.761 e. The van der Waals surface area contributed by atoms with Crippen LogP contribution in [0.2, 0.25) is 0 Å². The summed E-state index contributed by atoms with van der Waals surface area (Å²) in [6.07, 6.45) is 0. The van der Waals surface area contributed by atoms with E-state index in [9.17, 15) is 14.4 Å². The summed E-state index contributed by atoms with van der Waals surface area (Å²) in [6.45, 7) is 0. The summed E-state index contributed by atoms with van der Waals surface area (Å²) in [5, 5.41) is 10.3. The summed E-state index contributed by atoms with van der Waals surface area (Å²) in [4.78, 5) is 11.0. The number of nitrogens with one attached hydrogen (secondary N) is 1. The Morgan fingerprint density at radius 2 is 2.31 bits per heavy atom. The fourth-order valence-electron chi connectivity index (χ4n) is 0.889. The molecule has 0 heterocycles. The lowest BCUT2D eigenvalue weighted by Crippen LogP contribution is -2.05. The van der Waals surface area contributed by atoms with Gasteiger partial charge >= 0.3 is 5.97 Å². The highest BCUT2D eigenvalue weighted by atomic mass is 19.1. The first-order valence-corrected chi connectivity index (χ1v) is 3.45. The minimum absolute atomic E-state index is 0.0129. The number of ether oxygens (including phenoxy) is 1. The molecule has 0 atom stereocenters. The molecule has 5 heteroatoms. The van der Waals surface area contributed by atoms with Crippen LogP contribution in [0.1, 0.15) is 10.4 Å². The van der Waals surface area contributed by atoms with Gasteiger partial charge in [-0.2, -0.15) is 0 Å². The molecule has 0 aliphatic heterocycles. The third-order valence-electron chi connectivity index (χ3n) is 1.50. The third-order valence-corrected chi connectivity index (χ3v) is 1.50. The number of carbonyl (C=O) groups is 1. The Hall–Kier alpha value is -1.62. The van der Waals surface area contributed by atoms with Crippen LogP contribution in [-0.4, -0.2) is 13.1 Å². The first-order chi connectivity index (χ1) is 6.19. The Labute approximate surface area is 73.9 Å². The summed E-state index contributed by atoms with van der Waals surface area (Å²) in [6, 6.07) is 3.19. The molecule has 0 saturated carbocycles. The van der Waals surface area contributed by atoms with Gasteiger partial charge in [-0.1, -0.05) is 0 Å². The van der Waals surface area contributed by atoms with E-state index < -0.39 is 11.8 Å². The van der Waals surface area contributed by atoms with Gasteiger partial charge in [0, 0.05) is 5.69 Å². The maximum absolute atomic E-state index is 12.6. The van der Waals surface area contributed by atoms with Crippen molar-refractivity contribution in [1.82, 2.24) is 0 Å². The zero-order valence-corrected chi connectivity index (χ0v) is 6.83. The van der Waals surface area contributed by atoms with Crippen LogP contribution in [-0.2, 0) is 4.74 Å². The topological polar surface area (TPSA) is 61.4 Å². The molecular formula is C8H7FNO3-. The van der Waals surface area contributed by atoms with Gasteiger partial charge in [0.25, 0.3) is 0 Å². The predicted molar refractivity (Wildman–Crippen MR) is 44.7 cm³/mol. The minimum Gasteiger partial charge on any atom is -0.761 e. The van der Waals surface area contributed by atoms with Gasteiger partial charge in [0.05, 0.1) is 12.7 Å². The molecule has 0 aromatic heterocycles. The molecule has 0 unspecified atom stereocenters.